The Morgan fingerprint density at radius 1 is 1.40 bits per heavy atom. The van der Waals surface area contributed by atoms with Crippen LogP contribution in [0.5, 0.6) is 5.75 Å². The molecule has 0 spiro atoms. The molecule has 1 aromatic carbocycles. The summed E-state index contributed by atoms with van der Waals surface area (Å²) in [4.78, 5) is 11.6. The molecule has 0 bridgehead atoms. The molecule has 1 aliphatic rings. The van der Waals surface area contributed by atoms with Crippen LogP contribution < -0.4 is 10.1 Å². The maximum absolute atomic E-state index is 11.6. The molecule has 1 saturated heterocycles. The molecule has 1 heterocycles. The third kappa shape index (κ3) is 2.26. The van der Waals surface area contributed by atoms with Gasteiger partial charge in [-0.1, -0.05) is 12.1 Å². The largest absolute Gasteiger partial charge is 0.497 e. The van der Waals surface area contributed by atoms with Gasteiger partial charge in [-0.3, -0.25) is 4.79 Å². The quantitative estimate of drug-likeness (QED) is 0.827. The summed E-state index contributed by atoms with van der Waals surface area (Å²) in [5.41, 5.74) is 1.04. The second-order valence-corrected chi connectivity index (χ2v) is 4.53. The van der Waals surface area contributed by atoms with Crippen LogP contribution in [0.3, 0.4) is 0 Å². The van der Waals surface area contributed by atoms with Crippen molar-refractivity contribution in [3.8, 4) is 5.75 Å². The van der Waals surface area contributed by atoms with Gasteiger partial charge in [-0.2, -0.15) is 0 Å². The van der Waals surface area contributed by atoms with Gasteiger partial charge in [0.25, 0.3) is 0 Å². The summed E-state index contributed by atoms with van der Waals surface area (Å²) in [6, 6.07) is 7.67. The monoisotopic (exact) mass is 223 g/mol. The van der Waals surface area contributed by atoms with Gasteiger partial charge in [0.15, 0.2) is 0 Å². The van der Waals surface area contributed by atoms with Crippen LogP contribution in [0.1, 0.15) is 10.8 Å². The number of nitrogens with one attached hydrogen (secondary N) is 1. The molecule has 1 atom stereocenters. The van der Waals surface area contributed by atoms with Crippen molar-refractivity contribution in [1.82, 2.24) is 5.32 Å². The fourth-order valence-corrected chi connectivity index (χ4v) is 2.59. The Morgan fingerprint density at radius 2 is 2.13 bits per heavy atom. The van der Waals surface area contributed by atoms with E-state index >= 15 is 0 Å². The van der Waals surface area contributed by atoms with Gasteiger partial charge in [0.2, 0.25) is 5.91 Å². The van der Waals surface area contributed by atoms with Gasteiger partial charge in [-0.05, 0) is 17.7 Å². The fraction of sp³-hybridized carbons (Fsp3) is 0.364. The van der Waals surface area contributed by atoms with Gasteiger partial charge in [-0.25, -0.2) is 0 Å². The second kappa shape index (κ2) is 4.57. The molecule has 2 rings (SSSR count). The third-order valence-electron chi connectivity index (χ3n) is 2.34. The first-order valence-corrected chi connectivity index (χ1v) is 5.89. The van der Waals surface area contributed by atoms with Gasteiger partial charge >= 0.3 is 0 Å². The van der Waals surface area contributed by atoms with Crippen LogP contribution in [0.4, 0.5) is 0 Å². The Labute approximate surface area is 93.2 Å². The Hall–Kier alpha value is -1.16. The molecule has 4 heteroatoms. The summed E-state index contributed by atoms with van der Waals surface area (Å²) in [5, 5.41) is 2.80. The van der Waals surface area contributed by atoms with Gasteiger partial charge in [0.05, 0.1) is 7.11 Å². The summed E-state index contributed by atoms with van der Waals surface area (Å²) in [6.45, 7) is 0.774. The van der Waals surface area contributed by atoms with Crippen molar-refractivity contribution in [3.05, 3.63) is 29.8 Å². The van der Waals surface area contributed by atoms with Crippen LogP contribution in [0.2, 0.25) is 0 Å². The van der Waals surface area contributed by atoms with E-state index in [4.69, 9.17) is 4.74 Å². The number of benzene rings is 1. The molecule has 0 aromatic heterocycles. The van der Waals surface area contributed by atoms with Crippen LogP contribution >= 0.6 is 11.8 Å². The van der Waals surface area contributed by atoms with E-state index in [0.717, 1.165) is 23.6 Å². The first kappa shape index (κ1) is 10.4. The minimum Gasteiger partial charge on any atom is -0.497 e. The molecule has 0 radical (unpaired) electrons. The molecule has 3 nitrogen and oxygen atoms in total. The molecule has 1 unspecified atom stereocenters. The minimum absolute atomic E-state index is 0.0651. The van der Waals surface area contributed by atoms with E-state index in [1.807, 2.05) is 24.3 Å². The van der Waals surface area contributed by atoms with Crippen molar-refractivity contribution in [1.29, 1.82) is 0 Å². The van der Waals surface area contributed by atoms with Crippen LogP contribution in [-0.4, -0.2) is 25.3 Å². The lowest BCUT2D eigenvalue weighted by Gasteiger charge is -2.21. The number of carbonyl (C=O) groups is 1. The number of hydrogen-bond donors (Lipinski definition) is 1. The molecule has 15 heavy (non-hydrogen) atoms. The van der Waals surface area contributed by atoms with Crippen molar-refractivity contribution >= 4 is 17.7 Å². The van der Waals surface area contributed by atoms with Gasteiger partial charge < -0.3 is 10.1 Å². The average molecular weight is 223 g/mol. The lowest BCUT2D eigenvalue weighted by molar-refractivity contribution is -0.120. The number of carbonyl (C=O) groups excluding carboxylic acids is 1. The molecular weight excluding hydrogens is 210 g/mol. The number of amides is 1. The molecule has 0 saturated carbocycles. The van der Waals surface area contributed by atoms with E-state index in [9.17, 15) is 4.79 Å². The van der Waals surface area contributed by atoms with Crippen molar-refractivity contribution in [2.45, 2.75) is 5.25 Å². The van der Waals surface area contributed by atoms with Crippen molar-refractivity contribution in [3.63, 3.8) is 0 Å². The number of rotatable bonds is 2. The highest BCUT2D eigenvalue weighted by molar-refractivity contribution is 8.00. The topological polar surface area (TPSA) is 38.3 Å². The number of thioether (sulfide) groups is 1. The minimum atomic E-state index is -0.0651. The van der Waals surface area contributed by atoms with E-state index in [-0.39, 0.29) is 11.2 Å². The van der Waals surface area contributed by atoms with E-state index in [2.05, 4.69) is 5.32 Å². The van der Waals surface area contributed by atoms with Crippen molar-refractivity contribution in [2.24, 2.45) is 0 Å². The predicted molar refractivity (Wildman–Crippen MR) is 61.2 cm³/mol. The number of ether oxygens (including phenoxy) is 1. The highest BCUT2D eigenvalue weighted by atomic mass is 32.2. The van der Waals surface area contributed by atoms with Crippen LogP contribution in [0, 0.1) is 0 Å². The Kier molecular flexibility index (Phi) is 3.16. The van der Waals surface area contributed by atoms with E-state index in [0.29, 0.717) is 0 Å². The standard InChI is InChI=1S/C11H13NO2S/c1-14-9-4-2-8(3-5-9)10-11(13)12-6-7-15-10/h2-5,10H,6-7H2,1H3,(H,12,13). The van der Waals surface area contributed by atoms with E-state index in [1.165, 1.54) is 0 Å². The molecule has 80 valence electrons. The maximum atomic E-state index is 11.6. The van der Waals surface area contributed by atoms with Crippen molar-refractivity contribution < 1.29 is 9.53 Å². The molecular formula is C11H13NO2S. The van der Waals surface area contributed by atoms with E-state index in [1.54, 1.807) is 18.9 Å². The second-order valence-electron chi connectivity index (χ2n) is 3.32. The summed E-state index contributed by atoms with van der Waals surface area (Å²) in [7, 11) is 1.64. The summed E-state index contributed by atoms with van der Waals surface area (Å²) < 4.78 is 5.08. The lowest BCUT2D eigenvalue weighted by Crippen LogP contribution is -2.34. The Balaban J connectivity index is 2.17. The molecule has 1 aromatic rings. The van der Waals surface area contributed by atoms with Crippen LogP contribution in [0.15, 0.2) is 24.3 Å². The van der Waals surface area contributed by atoms with E-state index < -0.39 is 0 Å². The number of hydrogen-bond acceptors (Lipinski definition) is 3. The fourth-order valence-electron chi connectivity index (χ4n) is 1.55. The maximum Gasteiger partial charge on any atom is 0.237 e. The van der Waals surface area contributed by atoms with Gasteiger partial charge in [-0.15, -0.1) is 11.8 Å². The normalized spacial score (nSPS) is 20.9. The summed E-state index contributed by atoms with van der Waals surface area (Å²) in [5.74, 6) is 1.90. The zero-order valence-corrected chi connectivity index (χ0v) is 9.34. The van der Waals surface area contributed by atoms with Crippen molar-refractivity contribution in [2.75, 3.05) is 19.4 Å². The molecule has 1 fully saturated rings. The highest BCUT2D eigenvalue weighted by Gasteiger charge is 2.23. The zero-order chi connectivity index (χ0) is 10.7. The smallest absolute Gasteiger partial charge is 0.237 e. The summed E-state index contributed by atoms with van der Waals surface area (Å²) >= 11 is 1.69. The zero-order valence-electron chi connectivity index (χ0n) is 8.53. The Morgan fingerprint density at radius 3 is 2.73 bits per heavy atom. The van der Waals surface area contributed by atoms with Gasteiger partial charge in [0, 0.05) is 12.3 Å². The summed E-state index contributed by atoms with van der Waals surface area (Å²) in [6.07, 6.45) is 0. The SMILES string of the molecule is COc1ccc(C2SCCNC2=O)cc1. The first-order chi connectivity index (χ1) is 7.31. The Bertz CT molecular complexity index is 350. The third-order valence-corrected chi connectivity index (χ3v) is 3.60. The average Bonchev–Trinajstić information content (AvgIpc) is 2.30. The predicted octanol–water partition coefficient (Wildman–Crippen LogP) is 1.60. The lowest BCUT2D eigenvalue weighted by atomic mass is 10.1. The molecule has 1 aliphatic heterocycles. The number of methoxy groups -OCH3 is 1. The first-order valence-electron chi connectivity index (χ1n) is 4.84. The molecule has 1 amide bonds. The highest BCUT2D eigenvalue weighted by Crippen LogP contribution is 2.31. The molecule has 0 aliphatic carbocycles. The van der Waals surface area contributed by atoms with Crippen LogP contribution in [0.25, 0.3) is 0 Å². The van der Waals surface area contributed by atoms with Crippen LogP contribution in [-0.2, 0) is 4.79 Å². The molecule has 1 N–H and O–H groups in total. The van der Waals surface area contributed by atoms with Gasteiger partial charge in [0.1, 0.15) is 11.0 Å².